The van der Waals surface area contributed by atoms with Gasteiger partial charge in [0.05, 0.1) is 18.1 Å². The van der Waals surface area contributed by atoms with Gasteiger partial charge in [-0.1, -0.05) is 6.07 Å². The summed E-state index contributed by atoms with van der Waals surface area (Å²) in [6.45, 7) is 2.18. The quantitative estimate of drug-likeness (QED) is 0.562. The summed E-state index contributed by atoms with van der Waals surface area (Å²) in [7, 11) is 1.42. The first-order valence-corrected chi connectivity index (χ1v) is 8.47. The molecule has 9 heteroatoms. The highest BCUT2D eigenvalue weighted by atomic mass is 16.6. The topological polar surface area (TPSA) is 98.0 Å². The van der Waals surface area contributed by atoms with Crippen molar-refractivity contribution in [1.82, 2.24) is 9.88 Å². The van der Waals surface area contributed by atoms with Gasteiger partial charge in [-0.2, -0.15) is 0 Å². The largest absolute Gasteiger partial charge is 0.496 e. The maximum absolute atomic E-state index is 12.4. The van der Waals surface area contributed by atoms with E-state index in [2.05, 4.69) is 9.88 Å². The van der Waals surface area contributed by atoms with Crippen molar-refractivity contribution >= 4 is 17.4 Å². The van der Waals surface area contributed by atoms with Gasteiger partial charge < -0.3 is 19.3 Å². The smallest absolute Gasteiger partial charge is 0.314 e. The van der Waals surface area contributed by atoms with E-state index in [1.54, 1.807) is 17.2 Å². The van der Waals surface area contributed by atoms with Crippen molar-refractivity contribution in [2.75, 3.05) is 44.8 Å². The zero-order chi connectivity index (χ0) is 19.2. The van der Waals surface area contributed by atoms with Gasteiger partial charge in [0.1, 0.15) is 11.6 Å². The Morgan fingerprint density at radius 3 is 2.63 bits per heavy atom. The third-order valence-corrected chi connectivity index (χ3v) is 4.32. The molecule has 1 aliphatic heterocycles. The average molecular weight is 372 g/mol. The van der Waals surface area contributed by atoms with Crippen molar-refractivity contribution in [1.29, 1.82) is 0 Å². The molecule has 1 fully saturated rings. The molecule has 9 nitrogen and oxygen atoms in total. The monoisotopic (exact) mass is 372 g/mol. The summed E-state index contributed by atoms with van der Waals surface area (Å²) in [4.78, 5) is 31.1. The Labute approximate surface area is 156 Å². The van der Waals surface area contributed by atoms with Crippen molar-refractivity contribution in [3.63, 3.8) is 0 Å². The van der Waals surface area contributed by atoms with E-state index in [1.807, 2.05) is 18.2 Å². The minimum absolute atomic E-state index is 0.0428. The van der Waals surface area contributed by atoms with Crippen molar-refractivity contribution in [3.05, 3.63) is 52.7 Å². The summed E-state index contributed by atoms with van der Waals surface area (Å²) in [5.41, 5.74) is -0.234. The maximum atomic E-state index is 12.4. The average Bonchev–Trinajstić information content (AvgIpc) is 2.72. The van der Waals surface area contributed by atoms with Gasteiger partial charge in [0.15, 0.2) is 12.4 Å². The second-order valence-corrected chi connectivity index (χ2v) is 5.94. The number of methoxy groups -OCH3 is 1. The molecule has 1 aromatic heterocycles. The Balaban J connectivity index is 1.55. The first-order chi connectivity index (χ1) is 13.1. The van der Waals surface area contributed by atoms with E-state index >= 15 is 0 Å². The first kappa shape index (κ1) is 18.4. The van der Waals surface area contributed by atoms with Gasteiger partial charge >= 0.3 is 5.69 Å². The van der Waals surface area contributed by atoms with Crippen LogP contribution in [0, 0.1) is 10.1 Å². The van der Waals surface area contributed by atoms with E-state index in [9.17, 15) is 14.9 Å². The third-order valence-electron chi connectivity index (χ3n) is 4.32. The van der Waals surface area contributed by atoms with Crippen LogP contribution in [0.25, 0.3) is 0 Å². The Hall–Kier alpha value is -3.36. The lowest BCUT2D eigenvalue weighted by atomic mass is 10.2. The molecule has 0 aliphatic carbocycles. The molecule has 0 bridgehead atoms. The number of piperazine rings is 1. The molecule has 1 aromatic carbocycles. The SMILES string of the molecule is COc1ccc(OCC(=O)N2CCN(c3ccccn3)CC2)c([N+](=O)[O-])c1. The van der Waals surface area contributed by atoms with E-state index in [-0.39, 0.29) is 24.0 Å². The van der Waals surface area contributed by atoms with Gasteiger partial charge in [0.25, 0.3) is 5.91 Å². The Kier molecular flexibility index (Phi) is 5.70. The Bertz CT molecular complexity index is 807. The summed E-state index contributed by atoms with van der Waals surface area (Å²) in [5, 5.41) is 11.2. The van der Waals surface area contributed by atoms with E-state index in [0.29, 0.717) is 31.9 Å². The molecule has 0 atom stereocenters. The van der Waals surface area contributed by atoms with Crippen LogP contribution in [-0.4, -0.2) is 60.6 Å². The van der Waals surface area contributed by atoms with Gasteiger partial charge in [0.2, 0.25) is 0 Å². The van der Waals surface area contributed by atoms with E-state index in [0.717, 1.165) is 5.82 Å². The number of carbonyl (C=O) groups is 1. The molecule has 2 aromatic rings. The normalized spacial score (nSPS) is 14.0. The summed E-state index contributed by atoms with van der Waals surface area (Å²) in [6.07, 6.45) is 1.74. The van der Waals surface area contributed by atoms with Crippen LogP contribution in [0.5, 0.6) is 11.5 Å². The molecule has 0 radical (unpaired) electrons. The number of aromatic nitrogens is 1. The van der Waals surface area contributed by atoms with Crippen molar-refractivity contribution in [2.45, 2.75) is 0 Å². The predicted molar refractivity (Wildman–Crippen MR) is 98.2 cm³/mol. The van der Waals surface area contributed by atoms with Gasteiger partial charge in [-0.25, -0.2) is 4.98 Å². The number of hydrogen-bond donors (Lipinski definition) is 0. The second kappa shape index (κ2) is 8.35. The highest BCUT2D eigenvalue weighted by Crippen LogP contribution is 2.31. The fraction of sp³-hybridized carbons (Fsp3) is 0.333. The lowest BCUT2D eigenvalue weighted by Gasteiger charge is -2.35. The molecule has 0 spiro atoms. The minimum atomic E-state index is -0.562. The predicted octanol–water partition coefficient (Wildman–Crippen LogP) is 1.73. The van der Waals surface area contributed by atoms with Crippen LogP contribution >= 0.6 is 0 Å². The molecule has 1 amide bonds. The molecule has 1 saturated heterocycles. The van der Waals surface area contributed by atoms with Crippen LogP contribution in [0.2, 0.25) is 0 Å². The molecule has 27 heavy (non-hydrogen) atoms. The number of pyridine rings is 1. The van der Waals surface area contributed by atoms with E-state index in [1.165, 1.54) is 19.2 Å². The molecule has 142 valence electrons. The van der Waals surface area contributed by atoms with Gasteiger partial charge in [-0.15, -0.1) is 0 Å². The maximum Gasteiger partial charge on any atom is 0.314 e. The van der Waals surface area contributed by atoms with Crippen LogP contribution in [0.15, 0.2) is 42.6 Å². The number of nitrogens with zero attached hydrogens (tertiary/aromatic N) is 4. The molecule has 0 unspecified atom stereocenters. The zero-order valence-corrected chi connectivity index (χ0v) is 14.9. The van der Waals surface area contributed by atoms with Crippen LogP contribution in [0.3, 0.4) is 0 Å². The molecule has 0 N–H and O–H groups in total. The number of rotatable bonds is 6. The van der Waals surface area contributed by atoms with E-state index in [4.69, 9.17) is 9.47 Å². The zero-order valence-electron chi connectivity index (χ0n) is 14.9. The van der Waals surface area contributed by atoms with Crippen molar-refractivity contribution < 1.29 is 19.2 Å². The summed E-state index contributed by atoms with van der Waals surface area (Å²) < 4.78 is 10.4. The van der Waals surface area contributed by atoms with Gasteiger partial charge in [-0.05, 0) is 24.3 Å². The van der Waals surface area contributed by atoms with Gasteiger partial charge in [0, 0.05) is 32.4 Å². The van der Waals surface area contributed by atoms with Gasteiger partial charge in [-0.3, -0.25) is 14.9 Å². The third kappa shape index (κ3) is 4.43. The molecular weight excluding hydrogens is 352 g/mol. The van der Waals surface area contributed by atoms with Crippen LogP contribution < -0.4 is 14.4 Å². The summed E-state index contributed by atoms with van der Waals surface area (Å²) >= 11 is 0. The summed E-state index contributed by atoms with van der Waals surface area (Å²) in [5.74, 6) is 1.07. The van der Waals surface area contributed by atoms with Crippen molar-refractivity contribution in [3.8, 4) is 11.5 Å². The van der Waals surface area contributed by atoms with Crippen LogP contribution in [-0.2, 0) is 4.79 Å². The first-order valence-electron chi connectivity index (χ1n) is 8.47. The number of anilines is 1. The standard InChI is InChI=1S/C18H20N4O5/c1-26-14-5-6-16(15(12-14)22(24)25)27-13-18(23)21-10-8-20(9-11-21)17-4-2-3-7-19-17/h2-7,12H,8-11,13H2,1H3. The molecule has 0 saturated carbocycles. The number of nitro benzene ring substituents is 1. The minimum Gasteiger partial charge on any atom is -0.496 e. The summed E-state index contributed by atoms with van der Waals surface area (Å²) in [6, 6.07) is 9.98. The molecule has 2 heterocycles. The number of amides is 1. The van der Waals surface area contributed by atoms with Crippen LogP contribution in [0.4, 0.5) is 11.5 Å². The number of hydrogen-bond acceptors (Lipinski definition) is 7. The highest BCUT2D eigenvalue weighted by Gasteiger charge is 2.23. The lowest BCUT2D eigenvalue weighted by Crippen LogP contribution is -2.50. The number of ether oxygens (including phenoxy) is 2. The number of benzene rings is 1. The van der Waals surface area contributed by atoms with E-state index < -0.39 is 4.92 Å². The number of nitro groups is 1. The highest BCUT2D eigenvalue weighted by molar-refractivity contribution is 5.78. The van der Waals surface area contributed by atoms with Crippen LogP contribution in [0.1, 0.15) is 0 Å². The Morgan fingerprint density at radius 2 is 2.00 bits per heavy atom. The fourth-order valence-electron chi connectivity index (χ4n) is 2.85. The van der Waals surface area contributed by atoms with Crippen molar-refractivity contribution in [2.24, 2.45) is 0 Å². The Morgan fingerprint density at radius 1 is 1.22 bits per heavy atom. The second-order valence-electron chi connectivity index (χ2n) is 5.94. The number of carbonyl (C=O) groups excluding carboxylic acids is 1. The molecule has 3 rings (SSSR count). The molecule has 1 aliphatic rings. The molecular formula is C18H20N4O5. The fourth-order valence-corrected chi connectivity index (χ4v) is 2.85. The lowest BCUT2D eigenvalue weighted by molar-refractivity contribution is -0.385.